The second-order valence-electron chi connectivity index (χ2n) is 5.81. The Kier molecular flexibility index (Phi) is 8.72. The van der Waals surface area contributed by atoms with E-state index in [4.69, 9.17) is 4.74 Å². The van der Waals surface area contributed by atoms with Gasteiger partial charge in [0.05, 0.1) is 13.7 Å². The van der Waals surface area contributed by atoms with Crippen LogP contribution in [0.5, 0.6) is 5.75 Å². The topological polar surface area (TPSA) is 105 Å². The number of nitrogens with zero attached hydrogens (tertiary/aromatic N) is 5. The molecule has 3 aromatic rings. The molecule has 0 amide bonds. The average molecular weight is 496 g/mol. The number of hydrogen-bond donors (Lipinski definition) is 3. The maximum atomic E-state index is 5.17. The van der Waals surface area contributed by atoms with E-state index in [1.165, 1.54) is 0 Å². The van der Waals surface area contributed by atoms with E-state index in [0.29, 0.717) is 12.4 Å². The third-order valence-electron chi connectivity index (χ3n) is 3.94. The molecule has 0 bridgehead atoms. The molecule has 0 aliphatic rings. The van der Waals surface area contributed by atoms with Gasteiger partial charge in [-0.25, -0.2) is 4.98 Å². The van der Waals surface area contributed by atoms with Gasteiger partial charge in [-0.3, -0.25) is 14.8 Å². The summed E-state index contributed by atoms with van der Waals surface area (Å²) in [7, 11) is 3.38. The third-order valence-corrected chi connectivity index (χ3v) is 3.94. The maximum absolute atomic E-state index is 5.17. The van der Waals surface area contributed by atoms with E-state index in [2.05, 4.69) is 35.9 Å². The minimum Gasteiger partial charge on any atom is -0.497 e. The molecule has 0 spiro atoms. The number of aryl methyl sites for hydroxylation is 1. The van der Waals surface area contributed by atoms with Crippen LogP contribution in [0.3, 0.4) is 0 Å². The van der Waals surface area contributed by atoms with Gasteiger partial charge in [0.15, 0.2) is 11.8 Å². The largest absolute Gasteiger partial charge is 0.497 e. The van der Waals surface area contributed by atoms with Crippen LogP contribution in [0.1, 0.15) is 12.2 Å². The van der Waals surface area contributed by atoms with Crippen LogP contribution in [0, 0.1) is 0 Å². The van der Waals surface area contributed by atoms with Gasteiger partial charge in [-0.05, 0) is 36.8 Å². The highest BCUT2D eigenvalue weighted by molar-refractivity contribution is 14.0. The zero-order valence-electron chi connectivity index (χ0n) is 15.9. The number of methoxy groups -OCH3 is 1. The molecule has 1 aromatic carbocycles. The van der Waals surface area contributed by atoms with Gasteiger partial charge in [0.2, 0.25) is 0 Å². The molecule has 0 saturated heterocycles. The van der Waals surface area contributed by atoms with Crippen molar-refractivity contribution in [2.24, 2.45) is 4.99 Å². The Balaban J connectivity index is 0.00000280. The molecule has 0 fully saturated rings. The normalized spacial score (nSPS) is 11.0. The molecule has 2 aromatic heterocycles. The first kappa shape index (κ1) is 21.7. The van der Waals surface area contributed by atoms with E-state index in [1.54, 1.807) is 20.4 Å². The number of ether oxygens (including phenoxy) is 1. The van der Waals surface area contributed by atoms with E-state index in [1.807, 2.05) is 41.2 Å². The monoisotopic (exact) mass is 496 g/mol. The van der Waals surface area contributed by atoms with Crippen LogP contribution in [0.25, 0.3) is 11.4 Å². The first-order valence-corrected chi connectivity index (χ1v) is 8.76. The van der Waals surface area contributed by atoms with Gasteiger partial charge in [-0.2, -0.15) is 10.2 Å². The van der Waals surface area contributed by atoms with E-state index in [9.17, 15) is 0 Å². The molecule has 28 heavy (non-hydrogen) atoms. The lowest BCUT2D eigenvalue weighted by Crippen LogP contribution is -2.37. The third kappa shape index (κ3) is 6.22. The minimum atomic E-state index is 0. The van der Waals surface area contributed by atoms with Crippen molar-refractivity contribution < 1.29 is 4.74 Å². The summed E-state index contributed by atoms with van der Waals surface area (Å²) < 4.78 is 7.08. The summed E-state index contributed by atoms with van der Waals surface area (Å²) >= 11 is 0. The molecule has 10 heteroatoms. The first-order chi connectivity index (χ1) is 13.3. The Morgan fingerprint density at radius 2 is 2.07 bits per heavy atom. The fourth-order valence-electron chi connectivity index (χ4n) is 2.51. The number of rotatable bonds is 8. The van der Waals surface area contributed by atoms with Crippen molar-refractivity contribution in [3.63, 3.8) is 0 Å². The van der Waals surface area contributed by atoms with Crippen LogP contribution in [0.15, 0.2) is 47.7 Å². The average Bonchev–Trinajstić information content (AvgIpc) is 3.39. The fourth-order valence-corrected chi connectivity index (χ4v) is 2.51. The molecule has 0 atom stereocenters. The van der Waals surface area contributed by atoms with Crippen LogP contribution < -0.4 is 15.4 Å². The van der Waals surface area contributed by atoms with E-state index >= 15 is 0 Å². The molecule has 0 radical (unpaired) electrons. The quantitative estimate of drug-likeness (QED) is 0.191. The second kappa shape index (κ2) is 11.3. The highest BCUT2D eigenvalue weighted by atomic mass is 127. The lowest BCUT2D eigenvalue weighted by atomic mass is 10.2. The van der Waals surface area contributed by atoms with Crippen molar-refractivity contribution in [3.05, 3.63) is 48.5 Å². The molecule has 150 valence electrons. The molecule has 3 N–H and O–H groups in total. The van der Waals surface area contributed by atoms with Crippen molar-refractivity contribution in [1.82, 2.24) is 35.6 Å². The lowest BCUT2D eigenvalue weighted by Gasteiger charge is -2.10. The SMILES string of the molecule is CN=C(NCCCn1cccn1)NCc1nc(-c2ccc(OC)cc2)n[nH]1.I. The standard InChI is InChI=1S/C18H24N8O.HI/c1-19-18(20-9-3-11-26-12-4-10-22-26)21-13-16-23-17(25-24-16)14-5-7-15(27-2)8-6-14;/h4-8,10,12H,3,9,11,13H2,1-2H3,(H2,19,20,21)(H,23,24,25);1H. The summed E-state index contributed by atoms with van der Waals surface area (Å²) in [5, 5.41) is 17.9. The van der Waals surface area contributed by atoms with Crippen LogP contribution in [-0.4, -0.2) is 51.6 Å². The fraction of sp³-hybridized carbons (Fsp3) is 0.333. The Bertz CT molecular complexity index is 845. The number of nitrogens with one attached hydrogen (secondary N) is 3. The van der Waals surface area contributed by atoms with E-state index in [0.717, 1.165) is 42.6 Å². The van der Waals surface area contributed by atoms with Gasteiger partial charge in [-0.1, -0.05) is 0 Å². The number of benzene rings is 1. The Hall–Kier alpha value is -2.63. The molecular formula is C18H25IN8O. The molecule has 9 nitrogen and oxygen atoms in total. The first-order valence-electron chi connectivity index (χ1n) is 8.76. The zero-order chi connectivity index (χ0) is 18.9. The van der Waals surface area contributed by atoms with Crippen molar-refractivity contribution in [2.75, 3.05) is 20.7 Å². The predicted molar refractivity (Wildman–Crippen MR) is 119 cm³/mol. The molecule has 2 heterocycles. The number of guanidine groups is 1. The van der Waals surface area contributed by atoms with Gasteiger partial charge in [-0.15, -0.1) is 24.0 Å². The van der Waals surface area contributed by atoms with Gasteiger partial charge in [0.25, 0.3) is 0 Å². The van der Waals surface area contributed by atoms with Crippen molar-refractivity contribution in [1.29, 1.82) is 0 Å². The smallest absolute Gasteiger partial charge is 0.191 e. The number of H-pyrrole nitrogens is 1. The summed E-state index contributed by atoms with van der Waals surface area (Å²) in [5.41, 5.74) is 0.930. The summed E-state index contributed by atoms with van der Waals surface area (Å²) in [6.45, 7) is 2.17. The van der Waals surface area contributed by atoms with Gasteiger partial charge < -0.3 is 15.4 Å². The van der Waals surface area contributed by atoms with Crippen LogP contribution in [0.2, 0.25) is 0 Å². The Labute approximate surface area is 181 Å². The van der Waals surface area contributed by atoms with Crippen LogP contribution in [-0.2, 0) is 13.1 Å². The highest BCUT2D eigenvalue weighted by Gasteiger charge is 2.07. The van der Waals surface area contributed by atoms with Gasteiger partial charge in [0, 0.05) is 38.1 Å². The number of aromatic amines is 1. The predicted octanol–water partition coefficient (Wildman–Crippen LogP) is 2.05. The van der Waals surface area contributed by atoms with E-state index < -0.39 is 0 Å². The van der Waals surface area contributed by atoms with Crippen molar-refractivity contribution in [3.8, 4) is 17.1 Å². The summed E-state index contributed by atoms with van der Waals surface area (Å²) in [5.74, 6) is 2.91. The molecule has 0 unspecified atom stereocenters. The zero-order valence-corrected chi connectivity index (χ0v) is 18.3. The minimum absolute atomic E-state index is 0. The second-order valence-corrected chi connectivity index (χ2v) is 5.81. The maximum Gasteiger partial charge on any atom is 0.191 e. The van der Waals surface area contributed by atoms with Gasteiger partial charge >= 0.3 is 0 Å². The van der Waals surface area contributed by atoms with Gasteiger partial charge in [0.1, 0.15) is 11.6 Å². The Morgan fingerprint density at radius 1 is 1.25 bits per heavy atom. The Morgan fingerprint density at radius 3 is 2.75 bits per heavy atom. The highest BCUT2D eigenvalue weighted by Crippen LogP contribution is 2.18. The number of aliphatic imine (C=N–C) groups is 1. The van der Waals surface area contributed by atoms with E-state index in [-0.39, 0.29) is 24.0 Å². The molecule has 0 aliphatic carbocycles. The molecular weight excluding hydrogens is 471 g/mol. The summed E-state index contributed by atoms with van der Waals surface area (Å²) in [6.07, 6.45) is 4.69. The molecule has 0 saturated carbocycles. The number of halogens is 1. The summed E-state index contributed by atoms with van der Waals surface area (Å²) in [6, 6.07) is 9.56. The van der Waals surface area contributed by atoms with Crippen LogP contribution in [0.4, 0.5) is 0 Å². The number of aromatic nitrogens is 5. The molecule has 0 aliphatic heterocycles. The van der Waals surface area contributed by atoms with Crippen molar-refractivity contribution in [2.45, 2.75) is 19.5 Å². The summed E-state index contributed by atoms with van der Waals surface area (Å²) in [4.78, 5) is 8.73. The lowest BCUT2D eigenvalue weighted by molar-refractivity contribution is 0.415. The van der Waals surface area contributed by atoms with Crippen LogP contribution >= 0.6 is 24.0 Å². The molecule has 3 rings (SSSR count). The number of hydrogen-bond acceptors (Lipinski definition) is 5. The van der Waals surface area contributed by atoms with Crippen molar-refractivity contribution >= 4 is 29.9 Å².